The van der Waals surface area contributed by atoms with Crippen molar-refractivity contribution in [3.05, 3.63) is 119 Å². The number of allylic oxidation sites excluding steroid dienone is 3. The lowest BCUT2D eigenvalue weighted by atomic mass is 9.88. The van der Waals surface area contributed by atoms with Crippen LogP contribution in [0.2, 0.25) is 0 Å². The van der Waals surface area contributed by atoms with Crippen LogP contribution in [0.3, 0.4) is 0 Å². The fraction of sp³-hybridized carbons (Fsp3) is 0.179. The second-order valence-electron chi connectivity index (χ2n) is 7.78. The Morgan fingerprint density at radius 2 is 1.81 bits per heavy atom. The Labute approximate surface area is 184 Å². The standard InChI is InChI=1S/C28H27FN2/c1-3-22(16-18-30-2)23-10-8-21(9-11-23)20-28-27-7-5-4-6-24(27)17-19-31(28)26-14-12-25(29)13-15-26/h3-16,18,28H,2,17,19-20H2,1H3/b18-16-,22-3+. The average molecular weight is 411 g/mol. The summed E-state index contributed by atoms with van der Waals surface area (Å²) in [5.41, 5.74) is 7.38. The Balaban J connectivity index is 1.64. The van der Waals surface area contributed by atoms with Gasteiger partial charge in [0.2, 0.25) is 0 Å². The highest BCUT2D eigenvalue weighted by atomic mass is 19.1. The topological polar surface area (TPSA) is 15.6 Å². The van der Waals surface area contributed by atoms with Crippen LogP contribution in [-0.2, 0) is 12.8 Å². The first-order chi connectivity index (χ1) is 15.2. The Morgan fingerprint density at radius 3 is 2.52 bits per heavy atom. The highest BCUT2D eigenvalue weighted by Crippen LogP contribution is 2.36. The van der Waals surface area contributed by atoms with E-state index in [1.54, 1.807) is 18.3 Å². The predicted octanol–water partition coefficient (Wildman–Crippen LogP) is 6.79. The molecular weight excluding hydrogens is 383 g/mol. The molecule has 0 amide bonds. The summed E-state index contributed by atoms with van der Waals surface area (Å²) in [6, 6.07) is 24.5. The molecular formula is C28H27FN2. The van der Waals surface area contributed by atoms with E-state index in [9.17, 15) is 4.39 Å². The van der Waals surface area contributed by atoms with E-state index in [0.29, 0.717) is 0 Å². The third kappa shape index (κ3) is 4.66. The summed E-state index contributed by atoms with van der Waals surface area (Å²) < 4.78 is 13.5. The van der Waals surface area contributed by atoms with Gasteiger partial charge in [-0.15, -0.1) is 0 Å². The van der Waals surface area contributed by atoms with Crippen LogP contribution in [0, 0.1) is 5.82 Å². The monoisotopic (exact) mass is 410 g/mol. The number of anilines is 1. The molecule has 1 unspecified atom stereocenters. The summed E-state index contributed by atoms with van der Waals surface area (Å²) in [5, 5.41) is 0. The SMILES string of the molecule is C=N/C=C\C(=C/C)c1ccc(CC2c3ccccc3CCN2c2ccc(F)cc2)cc1. The van der Waals surface area contributed by atoms with E-state index >= 15 is 0 Å². The van der Waals surface area contributed by atoms with Crippen molar-refractivity contribution < 1.29 is 4.39 Å². The van der Waals surface area contributed by atoms with E-state index < -0.39 is 0 Å². The molecule has 0 bridgehead atoms. The van der Waals surface area contributed by atoms with Crippen molar-refractivity contribution in [1.82, 2.24) is 0 Å². The fourth-order valence-electron chi connectivity index (χ4n) is 4.36. The fourth-order valence-corrected chi connectivity index (χ4v) is 4.36. The number of aliphatic imine (C=N–C) groups is 1. The van der Waals surface area contributed by atoms with Crippen LogP contribution in [-0.4, -0.2) is 13.3 Å². The molecule has 0 saturated carbocycles. The molecule has 1 aliphatic heterocycles. The number of hydrogen-bond acceptors (Lipinski definition) is 2. The molecule has 4 rings (SSSR count). The Bertz CT molecular complexity index is 1090. The van der Waals surface area contributed by atoms with Gasteiger partial charge in [-0.2, -0.15) is 0 Å². The summed E-state index contributed by atoms with van der Waals surface area (Å²) >= 11 is 0. The van der Waals surface area contributed by atoms with Gasteiger partial charge in [-0.05, 0) is 84.7 Å². The second kappa shape index (κ2) is 9.57. The number of benzene rings is 3. The first kappa shape index (κ1) is 20.8. The van der Waals surface area contributed by atoms with Crippen molar-refractivity contribution in [2.75, 3.05) is 11.4 Å². The summed E-state index contributed by atoms with van der Waals surface area (Å²) in [6.07, 6.45) is 7.64. The van der Waals surface area contributed by atoms with E-state index in [1.807, 2.05) is 25.1 Å². The van der Waals surface area contributed by atoms with Crippen LogP contribution in [0.15, 0.2) is 96.1 Å². The number of hydrogen-bond donors (Lipinski definition) is 0. The molecule has 1 atom stereocenters. The minimum Gasteiger partial charge on any atom is -0.364 e. The normalized spacial score (nSPS) is 16.4. The quantitative estimate of drug-likeness (QED) is 0.323. The molecule has 0 radical (unpaired) electrons. The molecule has 156 valence electrons. The number of halogens is 1. The second-order valence-corrected chi connectivity index (χ2v) is 7.78. The molecule has 0 spiro atoms. The van der Waals surface area contributed by atoms with Gasteiger partial charge < -0.3 is 4.90 Å². The van der Waals surface area contributed by atoms with Gasteiger partial charge >= 0.3 is 0 Å². The zero-order valence-electron chi connectivity index (χ0n) is 17.8. The van der Waals surface area contributed by atoms with Crippen LogP contribution >= 0.6 is 0 Å². The van der Waals surface area contributed by atoms with Crippen LogP contribution in [0.5, 0.6) is 0 Å². The minimum atomic E-state index is -0.200. The zero-order valence-corrected chi connectivity index (χ0v) is 17.8. The molecule has 0 aromatic heterocycles. The number of rotatable bonds is 6. The minimum absolute atomic E-state index is 0.200. The molecule has 0 fully saturated rings. The maximum Gasteiger partial charge on any atom is 0.123 e. The maximum atomic E-state index is 13.5. The van der Waals surface area contributed by atoms with Gasteiger partial charge in [0.1, 0.15) is 5.82 Å². The summed E-state index contributed by atoms with van der Waals surface area (Å²) in [6.45, 7) is 6.45. The molecule has 3 aromatic carbocycles. The molecule has 3 heteroatoms. The Hall–Kier alpha value is -3.46. The lowest BCUT2D eigenvalue weighted by Crippen LogP contribution is -2.36. The molecule has 2 nitrogen and oxygen atoms in total. The largest absolute Gasteiger partial charge is 0.364 e. The van der Waals surface area contributed by atoms with Crippen molar-refractivity contribution in [3.8, 4) is 0 Å². The summed E-state index contributed by atoms with van der Waals surface area (Å²) in [5.74, 6) is -0.200. The smallest absolute Gasteiger partial charge is 0.123 e. The highest BCUT2D eigenvalue weighted by Gasteiger charge is 2.27. The lowest BCUT2D eigenvalue weighted by Gasteiger charge is -2.39. The highest BCUT2D eigenvalue weighted by molar-refractivity contribution is 5.73. The van der Waals surface area contributed by atoms with Crippen molar-refractivity contribution in [3.63, 3.8) is 0 Å². The molecule has 0 N–H and O–H groups in total. The van der Waals surface area contributed by atoms with E-state index in [-0.39, 0.29) is 11.9 Å². The molecule has 31 heavy (non-hydrogen) atoms. The third-order valence-electron chi connectivity index (χ3n) is 5.96. The van der Waals surface area contributed by atoms with Gasteiger partial charge in [-0.25, -0.2) is 4.39 Å². The van der Waals surface area contributed by atoms with E-state index in [2.05, 4.69) is 71.2 Å². The molecule has 0 aliphatic carbocycles. The predicted molar refractivity (Wildman–Crippen MR) is 129 cm³/mol. The molecule has 0 saturated heterocycles. The average Bonchev–Trinajstić information content (AvgIpc) is 2.81. The van der Waals surface area contributed by atoms with Crippen molar-refractivity contribution >= 4 is 18.0 Å². The van der Waals surface area contributed by atoms with Gasteiger partial charge in [-0.1, -0.05) is 54.6 Å². The van der Waals surface area contributed by atoms with Crippen molar-refractivity contribution in [1.29, 1.82) is 0 Å². The van der Waals surface area contributed by atoms with Crippen LogP contribution < -0.4 is 4.90 Å². The molecule has 1 heterocycles. The number of fused-ring (bicyclic) bond motifs is 1. The van der Waals surface area contributed by atoms with E-state index in [0.717, 1.165) is 36.2 Å². The summed E-state index contributed by atoms with van der Waals surface area (Å²) in [4.78, 5) is 6.22. The van der Waals surface area contributed by atoms with Gasteiger partial charge in [0.15, 0.2) is 0 Å². The Morgan fingerprint density at radius 1 is 1.06 bits per heavy atom. The van der Waals surface area contributed by atoms with Crippen LogP contribution in [0.25, 0.3) is 5.57 Å². The summed E-state index contributed by atoms with van der Waals surface area (Å²) in [7, 11) is 0. The maximum absolute atomic E-state index is 13.5. The molecule has 3 aromatic rings. The van der Waals surface area contributed by atoms with Crippen LogP contribution in [0.4, 0.5) is 10.1 Å². The van der Waals surface area contributed by atoms with Gasteiger partial charge in [0.25, 0.3) is 0 Å². The van der Waals surface area contributed by atoms with Gasteiger partial charge in [-0.3, -0.25) is 4.99 Å². The van der Waals surface area contributed by atoms with Gasteiger partial charge in [0, 0.05) is 18.4 Å². The Kier molecular flexibility index (Phi) is 6.42. The van der Waals surface area contributed by atoms with Crippen molar-refractivity contribution in [2.24, 2.45) is 4.99 Å². The van der Waals surface area contributed by atoms with E-state index in [4.69, 9.17) is 0 Å². The molecule has 1 aliphatic rings. The van der Waals surface area contributed by atoms with Crippen molar-refractivity contribution in [2.45, 2.75) is 25.8 Å². The lowest BCUT2D eigenvalue weighted by molar-refractivity contribution is 0.577. The number of nitrogens with zero attached hydrogens (tertiary/aromatic N) is 2. The van der Waals surface area contributed by atoms with Gasteiger partial charge in [0.05, 0.1) is 6.04 Å². The first-order valence-corrected chi connectivity index (χ1v) is 10.7. The third-order valence-corrected chi connectivity index (χ3v) is 5.96. The first-order valence-electron chi connectivity index (χ1n) is 10.7. The van der Waals surface area contributed by atoms with Crippen LogP contribution in [0.1, 0.15) is 35.2 Å². The van der Waals surface area contributed by atoms with E-state index in [1.165, 1.54) is 16.7 Å². The zero-order chi connectivity index (χ0) is 21.6.